The number of benzene rings is 1. The SMILES string of the molecule is Cc1noc(C)c1CCC(=O)Nc1cccc(S(C)(=O)=O)c1. The molecule has 0 radical (unpaired) electrons. The van der Waals surface area contributed by atoms with Crippen molar-refractivity contribution in [3.05, 3.63) is 41.3 Å². The Labute approximate surface area is 129 Å². The third-order valence-electron chi connectivity index (χ3n) is 3.33. The number of aromatic nitrogens is 1. The van der Waals surface area contributed by atoms with Crippen LogP contribution in [0.25, 0.3) is 0 Å². The summed E-state index contributed by atoms with van der Waals surface area (Å²) in [6.45, 7) is 3.64. The second-order valence-electron chi connectivity index (χ2n) is 5.15. The van der Waals surface area contributed by atoms with E-state index in [1.807, 2.05) is 13.8 Å². The average molecular weight is 322 g/mol. The monoisotopic (exact) mass is 322 g/mol. The molecule has 0 aliphatic heterocycles. The van der Waals surface area contributed by atoms with E-state index in [0.29, 0.717) is 17.9 Å². The van der Waals surface area contributed by atoms with Gasteiger partial charge in [0.25, 0.3) is 0 Å². The quantitative estimate of drug-likeness (QED) is 0.912. The molecule has 0 saturated carbocycles. The largest absolute Gasteiger partial charge is 0.361 e. The van der Waals surface area contributed by atoms with Crippen LogP contribution in [0.1, 0.15) is 23.4 Å². The van der Waals surface area contributed by atoms with Gasteiger partial charge in [0.1, 0.15) is 5.76 Å². The lowest BCUT2D eigenvalue weighted by atomic mass is 10.1. The van der Waals surface area contributed by atoms with Gasteiger partial charge in [-0.25, -0.2) is 8.42 Å². The number of hydrogen-bond donors (Lipinski definition) is 1. The summed E-state index contributed by atoms with van der Waals surface area (Å²) in [4.78, 5) is 12.2. The summed E-state index contributed by atoms with van der Waals surface area (Å²) in [5.74, 6) is 0.523. The molecular weight excluding hydrogens is 304 g/mol. The predicted octanol–water partition coefficient (Wildman–Crippen LogP) is 2.27. The van der Waals surface area contributed by atoms with Crippen LogP contribution >= 0.6 is 0 Å². The van der Waals surface area contributed by atoms with Gasteiger partial charge in [-0.2, -0.15) is 0 Å². The number of hydrogen-bond acceptors (Lipinski definition) is 5. The minimum Gasteiger partial charge on any atom is -0.361 e. The van der Waals surface area contributed by atoms with Crippen LogP contribution < -0.4 is 5.32 Å². The molecule has 0 spiro atoms. The Morgan fingerprint density at radius 1 is 1.32 bits per heavy atom. The number of carbonyl (C=O) groups is 1. The van der Waals surface area contributed by atoms with Crippen molar-refractivity contribution < 1.29 is 17.7 Å². The highest BCUT2D eigenvalue weighted by molar-refractivity contribution is 7.90. The van der Waals surface area contributed by atoms with Crippen LogP contribution in [0.2, 0.25) is 0 Å². The van der Waals surface area contributed by atoms with Gasteiger partial charge in [-0.05, 0) is 38.5 Å². The van der Waals surface area contributed by atoms with Crippen molar-refractivity contribution in [2.45, 2.75) is 31.6 Å². The highest BCUT2D eigenvalue weighted by Crippen LogP contribution is 2.17. The third-order valence-corrected chi connectivity index (χ3v) is 4.44. The summed E-state index contributed by atoms with van der Waals surface area (Å²) >= 11 is 0. The van der Waals surface area contributed by atoms with E-state index in [9.17, 15) is 13.2 Å². The molecule has 1 N–H and O–H groups in total. The summed E-state index contributed by atoms with van der Waals surface area (Å²) in [7, 11) is -3.29. The maximum atomic E-state index is 12.0. The first kappa shape index (κ1) is 16.2. The van der Waals surface area contributed by atoms with Crippen LogP contribution in [-0.4, -0.2) is 25.7 Å². The molecule has 22 heavy (non-hydrogen) atoms. The smallest absolute Gasteiger partial charge is 0.224 e. The van der Waals surface area contributed by atoms with E-state index < -0.39 is 9.84 Å². The topological polar surface area (TPSA) is 89.3 Å². The Hall–Kier alpha value is -2.15. The zero-order valence-electron chi connectivity index (χ0n) is 12.7. The van der Waals surface area contributed by atoms with Crippen LogP contribution in [0, 0.1) is 13.8 Å². The first-order valence-electron chi connectivity index (χ1n) is 6.79. The molecule has 1 heterocycles. The highest BCUT2D eigenvalue weighted by atomic mass is 32.2. The van der Waals surface area contributed by atoms with E-state index >= 15 is 0 Å². The number of aryl methyl sites for hydroxylation is 2. The normalized spacial score (nSPS) is 11.4. The van der Waals surface area contributed by atoms with Gasteiger partial charge in [0.15, 0.2) is 9.84 Å². The van der Waals surface area contributed by atoms with E-state index in [4.69, 9.17) is 4.52 Å². The molecular formula is C15H18N2O4S. The van der Waals surface area contributed by atoms with Gasteiger partial charge < -0.3 is 9.84 Å². The maximum Gasteiger partial charge on any atom is 0.224 e. The molecule has 2 aromatic rings. The minimum absolute atomic E-state index is 0.177. The second-order valence-corrected chi connectivity index (χ2v) is 7.17. The summed E-state index contributed by atoms with van der Waals surface area (Å²) in [5, 5.41) is 6.54. The number of rotatable bonds is 5. The summed E-state index contributed by atoms with van der Waals surface area (Å²) in [6, 6.07) is 6.20. The van der Waals surface area contributed by atoms with E-state index in [2.05, 4.69) is 10.5 Å². The van der Waals surface area contributed by atoms with Crippen molar-refractivity contribution in [2.24, 2.45) is 0 Å². The van der Waals surface area contributed by atoms with Gasteiger partial charge in [0.2, 0.25) is 5.91 Å². The van der Waals surface area contributed by atoms with E-state index in [1.54, 1.807) is 12.1 Å². The summed E-state index contributed by atoms with van der Waals surface area (Å²) < 4.78 is 28.0. The van der Waals surface area contributed by atoms with Crippen LogP contribution in [0.5, 0.6) is 0 Å². The number of anilines is 1. The molecule has 7 heteroatoms. The Bertz CT molecular complexity index is 774. The molecule has 0 fully saturated rings. The fraction of sp³-hybridized carbons (Fsp3) is 0.333. The summed E-state index contributed by atoms with van der Waals surface area (Å²) in [5.41, 5.74) is 2.18. The third kappa shape index (κ3) is 3.94. The molecule has 1 aromatic carbocycles. The van der Waals surface area contributed by atoms with E-state index in [-0.39, 0.29) is 17.2 Å². The van der Waals surface area contributed by atoms with Crippen molar-refractivity contribution >= 4 is 21.4 Å². The molecule has 6 nitrogen and oxygen atoms in total. The molecule has 0 unspecified atom stereocenters. The van der Waals surface area contributed by atoms with E-state index in [1.165, 1.54) is 12.1 Å². The Balaban J connectivity index is 2.01. The predicted molar refractivity (Wildman–Crippen MR) is 82.5 cm³/mol. The first-order chi connectivity index (χ1) is 10.3. The van der Waals surface area contributed by atoms with Crippen molar-refractivity contribution in [3.8, 4) is 0 Å². The molecule has 1 amide bonds. The highest BCUT2D eigenvalue weighted by Gasteiger charge is 2.12. The summed E-state index contributed by atoms with van der Waals surface area (Å²) in [6.07, 6.45) is 1.93. The molecule has 118 valence electrons. The maximum absolute atomic E-state index is 12.0. The van der Waals surface area contributed by atoms with Crippen LogP contribution in [0.4, 0.5) is 5.69 Å². The van der Waals surface area contributed by atoms with Crippen LogP contribution in [0.15, 0.2) is 33.7 Å². The lowest BCUT2D eigenvalue weighted by Gasteiger charge is -2.06. The number of sulfone groups is 1. The zero-order valence-corrected chi connectivity index (χ0v) is 13.5. The van der Waals surface area contributed by atoms with Crippen molar-refractivity contribution in [1.82, 2.24) is 5.16 Å². The standard InChI is InChI=1S/C15H18N2O4S/c1-10-14(11(2)21-17-10)7-8-15(18)16-12-5-4-6-13(9-12)22(3,19)20/h4-6,9H,7-8H2,1-3H3,(H,16,18). The van der Waals surface area contributed by atoms with Crippen molar-refractivity contribution in [2.75, 3.05) is 11.6 Å². The number of nitrogens with one attached hydrogen (secondary N) is 1. The molecule has 0 atom stereocenters. The van der Waals surface area contributed by atoms with Crippen LogP contribution in [0.3, 0.4) is 0 Å². The van der Waals surface area contributed by atoms with Gasteiger partial charge in [0.05, 0.1) is 10.6 Å². The van der Waals surface area contributed by atoms with Gasteiger partial charge in [0, 0.05) is 23.9 Å². The van der Waals surface area contributed by atoms with Crippen molar-refractivity contribution in [1.29, 1.82) is 0 Å². The molecule has 0 bridgehead atoms. The van der Waals surface area contributed by atoms with Gasteiger partial charge >= 0.3 is 0 Å². The Kier molecular flexibility index (Phi) is 4.65. The average Bonchev–Trinajstić information content (AvgIpc) is 2.75. The minimum atomic E-state index is -3.29. The van der Waals surface area contributed by atoms with Gasteiger partial charge in [-0.3, -0.25) is 4.79 Å². The van der Waals surface area contributed by atoms with E-state index in [0.717, 1.165) is 17.5 Å². The fourth-order valence-electron chi connectivity index (χ4n) is 2.13. The van der Waals surface area contributed by atoms with Gasteiger partial charge in [-0.1, -0.05) is 11.2 Å². The molecule has 0 saturated heterocycles. The fourth-order valence-corrected chi connectivity index (χ4v) is 2.79. The molecule has 0 aliphatic carbocycles. The lowest BCUT2D eigenvalue weighted by molar-refractivity contribution is -0.116. The zero-order chi connectivity index (χ0) is 16.3. The molecule has 2 rings (SSSR count). The Morgan fingerprint density at radius 3 is 2.64 bits per heavy atom. The number of nitrogens with zero attached hydrogens (tertiary/aromatic N) is 1. The van der Waals surface area contributed by atoms with Crippen molar-refractivity contribution in [3.63, 3.8) is 0 Å². The Morgan fingerprint density at radius 2 is 2.05 bits per heavy atom. The molecule has 1 aromatic heterocycles. The van der Waals surface area contributed by atoms with Gasteiger partial charge in [-0.15, -0.1) is 0 Å². The number of amides is 1. The second kappa shape index (κ2) is 6.31. The lowest BCUT2D eigenvalue weighted by Crippen LogP contribution is -2.13. The molecule has 0 aliphatic rings. The first-order valence-corrected chi connectivity index (χ1v) is 8.68. The van der Waals surface area contributed by atoms with Crippen LogP contribution in [-0.2, 0) is 21.1 Å². The number of carbonyl (C=O) groups excluding carboxylic acids is 1.